The molecule has 102 valence electrons. The summed E-state index contributed by atoms with van der Waals surface area (Å²) in [5.41, 5.74) is 4.01. The molecule has 2 aliphatic rings. The third-order valence-electron chi connectivity index (χ3n) is 4.63. The molecule has 0 amide bonds. The summed E-state index contributed by atoms with van der Waals surface area (Å²) < 4.78 is 5.51. The average molecular weight is 268 g/mol. The van der Waals surface area contributed by atoms with Crippen LogP contribution in [0.1, 0.15) is 24.0 Å². The van der Waals surface area contributed by atoms with Crippen molar-refractivity contribution < 1.29 is 4.74 Å². The van der Waals surface area contributed by atoms with Gasteiger partial charge in [-0.3, -0.25) is 4.79 Å². The van der Waals surface area contributed by atoms with Gasteiger partial charge in [-0.15, -0.1) is 0 Å². The first kappa shape index (κ1) is 11.9. The molecule has 1 fully saturated rings. The molecule has 1 aromatic carbocycles. The second-order valence-electron chi connectivity index (χ2n) is 5.68. The van der Waals surface area contributed by atoms with Crippen LogP contribution in [0.3, 0.4) is 0 Å². The standard InChI is InChI=1S/C16H16N2O2/c19-15-13-14(17-10-18-15)12-4-2-1-3-11(12)9-16(13)5-7-20-8-6-16/h1-4,10H,5-9H2,(H,17,18,19). The van der Waals surface area contributed by atoms with Crippen LogP contribution < -0.4 is 5.56 Å². The highest BCUT2D eigenvalue weighted by atomic mass is 16.5. The summed E-state index contributed by atoms with van der Waals surface area (Å²) in [5.74, 6) is 0. The predicted molar refractivity (Wildman–Crippen MR) is 75.7 cm³/mol. The molecule has 1 saturated heterocycles. The van der Waals surface area contributed by atoms with Gasteiger partial charge in [-0.25, -0.2) is 4.98 Å². The van der Waals surface area contributed by atoms with Crippen LogP contribution in [0, 0.1) is 0 Å². The number of aromatic nitrogens is 2. The highest BCUT2D eigenvalue weighted by Gasteiger charge is 2.42. The van der Waals surface area contributed by atoms with Gasteiger partial charge in [-0.05, 0) is 24.8 Å². The van der Waals surface area contributed by atoms with E-state index < -0.39 is 0 Å². The lowest BCUT2D eigenvalue weighted by Crippen LogP contribution is -2.43. The number of fused-ring (bicyclic) bond motifs is 4. The average Bonchev–Trinajstić information content (AvgIpc) is 2.48. The molecule has 1 aromatic heterocycles. The highest BCUT2D eigenvalue weighted by Crippen LogP contribution is 2.45. The fourth-order valence-corrected chi connectivity index (χ4v) is 3.64. The largest absolute Gasteiger partial charge is 0.381 e. The normalized spacial score (nSPS) is 19.4. The van der Waals surface area contributed by atoms with E-state index in [1.807, 2.05) is 6.07 Å². The zero-order valence-electron chi connectivity index (χ0n) is 11.2. The SMILES string of the molecule is O=c1[nH]cnc2c1C1(CCOCC1)Cc1ccccc1-2. The van der Waals surface area contributed by atoms with Gasteiger partial charge in [0.05, 0.1) is 17.6 Å². The molecule has 20 heavy (non-hydrogen) atoms. The van der Waals surface area contributed by atoms with E-state index in [0.29, 0.717) is 0 Å². The second-order valence-corrected chi connectivity index (χ2v) is 5.68. The van der Waals surface area contributed by atoms with Crippen molar-refractivity contribution in [2.75, 3.05) is 13.2 Å². The van der Waals surface area contributed by atoms with E-state index in [9.17, 15) is 4.79 Å². The monoisotopic (exact) mass is 268 g/mol. The smallest absolute Gasteiger partial charge is 0.255 e. The van der Waals surface area contributed by atoms with Crippen molar-refractivity contribution in [1.29, 1.82) is 0 Å². The molecule has 2 aromatic rings. The first-order chi connectivity index (χ1) is 9.80. The van der Waals surface area contributed by atoms with Gasteiger partial charge in [0.2, 0.25) is 0 Å². The Hall–Kier alpha value is -1.94. The summed E-state index contributed by atoms with van der Waals surface area (Å²) in [4.78, 5) is 19.6. The Morgan fingerprint density at radius 3 is 2.85 bits per heavy atom. The lowest BCUT2D eigenvalue weighted by Gasteiger charge is -2.41. The molecule has 0 unspecified atom stereocenters. The number of ether oxygens (including phenoxy) is 1. The van der Waals surface area contributed by atoms with Crippen LogP contribution in [0.4, 0.5) is 0 Å². The van der Waals surface area contributed by atoms with Crippen LogP contribution in [0.5, 0.6) is 0 Å². The highest BCUT2D eigenvalue weighted by molar-refractivity contribution is 5.71. The van der Waals surface area contributed by atoms with Crippen LogP contribution in [0.2, 0.25) is 0 Å². The molecule has 0 radical (unpaired) electrons. The summed E-state index contributed by atoms with van der Waals surface area (Å²) in [6, 6.07) is 8.28. The number of aromatic amines is 1. The van der Waals surface area contributed by atoms with Crippen molar-refractivity contribution in [3.63, 3.8) is 0 Å². The van der Waals surface area contributed by atoms with Gasteiger partial charge in [0.15, 0.2) is 0 Å². The molecule has 4 nitrogen and oxygen atoms in total. The van der Waals surface area contributed by atoms with Crippen molar-refractivity contribution in [3.8, 4) is 11.3 Å². The minimum atomic E-state index is -0.107. The third-order valence-corrected chi connectivity index (χ3v) is 4.63. The number of hydrogen-bond donors (Lipinski definition) is 1. The number of H-pyrrole nitrogens is 1. The molecule has 4 rings (SSSR count). The van der Waals surface area contributed by atoms with Crippen molar-refractivity contribution in [2.24, 2.45) is 0 Å². The van der Waals surface area contributed by atoms with Gasteiger partial charge in [0.1, 0.15) is 0 Å². The summed E-state index contributed by atoms with van der Waals surface area (Å²) in [6.45, 7) is 1.44. The van der Waals surface area contributed by atoms with E-state index in [-0.39, 0.29) is 11.0 Å². The number of benzene rings is 1. The zero-order valence-corrected chi connectivity index (χ0v) is 11.2. The number of nitrogens with zero attached hydrogens (tertiary/aromatic N) is 1. The molecule has 1 spiro atoms. The van der Waals surface area contributed by atoms with Crippen LogP contribution in [0.15, 0.2) is 35.4 Å². The van der Waals surface area contributed by atoms with Gasteiger partial charge in [0.25, 0.3) is 5.56 Å². The summed E-state index contributed by atoms with van der Waals surface area (Å²) in [5, 5.41) is 0. The molecule has 0 saturated carbocycles. The Kier molecular flexibility index (Phi) is 2.54. The Balaban J connectivity index is 2.02. The van der Waals surface area contributed by atoms with Crippen LogP contribution >= 0.6 is 0 Å². The van der Waals surface area contributed by atoms with E-state index in [2.05, 4.69) is 28.2 Å². The molecule has 0 bridgehead atoms. The Labute approximate surface area is 116 Å². The predicted octanol–water partition coefficient (Wildman–Crippen LogP) is 2.04. The van der Waals surface area contributed by atoms with Crippen LogP contribution in [-0.4, -0.2) is 23.2 Å². The minimum absolute atomic E-state index is 0.00593. The first-order valence-electron chi connectivity index (χ1n) is 7.04. The molecule has 1 N–H and O–H groups in total. The van der Waals surface area contributed by atoms with Gasteiger partial charge in [0, 0.05) is 24.2 Å². The number of hydrogen-bond acceptors (Lipinski definition) is 3. The van der Waals surface area contributed by atoms with Crippen molar-refractivity contribution in [3.05, 3.63) is 52.1 Å². The van der Waals surface area contributed by atoms with E-state index in [4.69, 9.17) is 4.74 Å². The molecule has 1 aliphatic heterocycles. The zero-order chi connectivity index (χ0) is 13.6. The number of nitrogens with one attached hydrogen (secondary N) is 1. The van der Waals surface area contributed by atoms with Gasteiger partial charge in [-0.1, -0.05) is 24.3 Å². The lowest BCUT2D eigenvalue weighted by atomic mass is 9.65. The van der Waals surface area contributed by atoms with Crippen LogP contribution in [0.25, 0.3) is 11.3 Å². The van der Waals surface area contributed by atoms with Crippen molar-refractivity contribution >= 4 is 0 Å². The van der Waals surface area contributed by atoms with Crippen molar-refractivity contribution in [1.82, 2.24) is 9.97 Å². The molecular formula is C16H16N2O2. The molecule has 0 atom stereocenters. The quantitative estimate of drug-likeness (QED) is 0.795. The minimum Gasteiger partial charge on any atom is -0.381 e. The van der Waals surface area contributed by atoms with E-state index in [1.165, 1.54) is 11.9 Å². The van der Waals surface area contributed by atoms with Gasteiger partial charge in [-0.2, -0.15) is 0 Å². The molecule has 1 aliphatic carbocycles. The van der Waals surface area contributed by atoms with Crippen molar-refractivity contribution in [2.45, 2.75) is 24.7 Å². The molecule has 4 heteroatoms. The third kappa shape index (κ3) is 1.58. The molecular weight excluding hydrogens is 252 g/mol. The fourth-order valence-electron chi connectivity index (χ4n) is 3.64. The maximum atomic E-state index is 12.4. The topological polar surface area (TPSA) is 55.0 Å². The van der Waals surface area contributed by atoms with Gasteiger partial charge < -0.3 is 9.72 Å². The Bertz CT molecular complexity index is 714. The summed E-state index contributed by atoms with van der Waals surface area (Å²) in [6.07, 6.45) is 4.21. The molecule has 2 heterocycles. The Morgan fingerprint density at radius 1 is 1.20 bits per heavy atom. The first-order valence-corrected chi connectivity index (χ1v) is 7.04. The summed E-state index contributed by atoms with van der Waals surface area (Å²) in [7, 11) is 0. The maximum absolute atomic E-state index is 12.4. The Morgan fingerprint density at radius 2 is 2.00 bits per heavy atom. The van der Waals surface area contributed by atoms with E-state index >= 15 is 0 Å². The van der Waals surface area contributed by atoms with E-state index in [0.717, 1.165) is 49.3 Å². The number of rotatable bonds is 0. The summed E-state index contributed by atoms with van der Waals surface area (Å²) >= 11 is 0. The second kappa shape index (κ2) is 4.28. The van der Waals surface area contributed by atoms with Crippen LogP contribution in [-0.2, 0) is 16.6 Å². The van der Waals surface area contributed by atoms with E-state index in [1.54, 1.807) is 0 Å². The van der Waals surface area contributed by atoms with Gasteiger partial charge >= 0.3 is 0 Å². The lowest BCUT2D eigenvalue weighted by molar-refractivity contribution is 0.0491. The fraction of sp³-hybridized carbons (Fsp3) is 0.375. The maximum Gasteiger partial charge on any atom is 0.255 e.